The van der Waals surface area contributed by atoms with Gasteiger partial charge in [0.1, 0.15) is 0 Å². The summed E-state index contributed by atoms with van der Waals surface area (Å²) in [5.41, 5.74) is -2.66. The normalized spacial score (nSPS) is 56.3. The maximum absolute atomic E-state index is 12.8. The van der Waals surface area contributed by atoms with E-state index < -0.39 is 40.4 Å². The first-order chi connectivity index (χ1) is 16.5. The number of carbonyl (C=O) groups is 2. The third-order valence-electron chi connectivity index (χ3n) is 13.6. The molecule has 5 aliphatic carbocycles. The highest BCUT2D eigenvalue weighted by molar-refractivity contribution is 5.77. The first-order valence-electron chi connectivity index (χ1n) is 14.1. The van der Waals surface area contributed by atoms with Gasteiger partial charge in [0.2, 0.25) is 0 Å². The van der Waals surface area contributed by atoms with E-state index in [-0.39, 0.29) is 34.0 Å². The number of aliphatic hydroxyl groups is 2. The van der Waals surface area contributed by atoms with E-state index in [1.165, 1.54) is 0 Å². The van der Waals surface area contributed by atoms with E-state index in [0.717, 1.165) is 44.1 Å². The molecular formula is C30H46O6. The van der Waals surface area contributed by atoms with Crippen LogP contribution < -0.4 is 0 Å². The van der Waals surface area contributed by atoms with Gasteiger partial charge in [-0.25, -0.2) is 0 Å². The summed E-state index contributed by atoms with van der Waals surface area (Å²) in [6, 6.07) is 0. The van der Waals surface area contributed by atoms with Crippen molar-refractivity contribution in [1.82, 2.24) is 0 Å². The topological polar surface area (TPSA) is 115 Å². The van der Waals surface area contributed by atoms with Gasteiger partial charge in [0.15, 0.2) is 0 Å². The average Bonchev–Trinajstić information content (AvgIpc) is 2.79. The fraction of sp³-hybridized carbons (Fsp3) is 0.867. The van der Waals surface area contributed by atoms with Crippen molar-refractivity contribution in [3.8, 4) is 0 Å². The molecule has 0 amide bonds. The van der Waals surface area contributed by atoms with Gasteiger partial charge in [-0.3, -0.25) is 9.59 Å². The predicted octanol–water partition coefficient (Wildman–Crippen LogP) is 5.27. The average molecular weight is 503 g/mol. The molecule has 6 nitrogen and oxygen atoms in total. The summed E-state index contributed by atoms with van der Waals surface area (Å²) in [5.74, 6) is -1.93. The fourth-order valence-corrected chi connectivity index (χ4v) is 10.8. The van der Waals surface area contributed by atoms with Crippen molar-refractivity contribution in [2.24, 2.45) is 50.7 Å². The van der Waals surface area contributed by atoms with Crippen molar-refractivity contribution in [2.75, 3.05) is 0 Å². The molecule has 0 radical (unpaired) electrons. The quantitative estimate of drug-likeness (QED) is 0.383. The molecule has 6 heteroatoms. The Morgan fingerprint density at radius 2 is 1.53 bits per heavy atom. The Bertz CT molecular complexity index is 1020. The number of hydrogen-bond acceptors (Lipinski definition) is 4. The number of carboxylic acids is 2. The van der Waals surface area contributed by atoms with Crippen LogP contribution in [0.25, 0.3) is 0 Å². The molecular weight excluding hydrogens is 456 g/mol. The van der Waals surface area contributed by atoms with Crippen molar-refractivity contribution in [3.63, 3.8) is 0 Å². The van der Waals surface area contributed by atoms with E-state index in [1.54, 1.807) is 6.92 Å². The zero-order chi connectivity index (χ0) is 26.7. The molecule has 0 aromatic carbocycles. The third-order valence-corrected chi connectivity index (χ3v) is 13.6. The van der Waals surface area contributed by atoms with Crippen LogP contribution in [0, 0.1) is 50.7 Å². The Kier molecular flexibility index (Phi) is 5.53. The monoisotopic (exact) mass is 502 g/mol. The number of aliphatic hydroxyl groups excluding tert-OH is 1. The van der Waals surface area contributed by atoms with Crippen LogP contribution in [0.15, 0.2) is 11.6 Å². The summed E-state index contributed by atoms with van der Waals surface area (Å²) < 4.78 is 0. The zero-order valence-corrected chi connectivity index (χ0v) is 22.9. The molecule has 0 heterocycles. The van der Waals surface area contributed by atoms with Crippen molar-refractivity contribution < 1.29 is 30.0 Å². The minimum absolute atomic E-state index is 0.0214. The van der Waals surface area contributed by atoms with Crippen LogP contribution in [-0.4, -0.2) is 44.1 Å². The molecule has 0 bridgehead atoms. The van der Waals surface area contributed by atoms with Crippen molar-refractivity contribution in [3.05, 3.63) is 11.6 Å². The molecule has 5 aliphatic rings. The van der Waals surface area contributed by atoms with Gasteiger partial charge < -0.3 is 20.4 Å². The van der Waals surface area contributed by atoms with Crippen LogP contribution in [0.5, 0.6) is 0 Å². The lowest BCUT2D eigenvalue weighted by atomic mass is 9.33. The molecule has 0 saturated heterocycles. The van der Waals surface area contributed by atoms with E-state index in [1.807, 2.05) is 6.92 Å². The number of allylic oxidation sites excluding steroid dienone is 1. The summed E-state index contributed by atoms with van der Waals surface area (Å²) in [6.45, 7) is 12.6. The van der Waals surface area contributed by atoms with Crippen molar-refractivity contribution in [1.29, 1.82) is 0 Å². The van der Waals surface area contributed by atoms with Crippen LogP contribution in [0.2, 0.25) is 0 Å². The molecule has 4 fully saturated rings. The van der Waals surface area contributed by atoms with Crippen molar-refractivity contribution in [2.45, 2.75) is 111 Å². The van der Waals surface area contributed by atoms with E-state index >= 15 is 0 Å². The van der Waals surface area contributed by atoms with Gasteiger partial charge in [0.25, 0.3) is 0 Å². The fourth-order valence-electron chi connectivity index (χ4n) is 10.8. The molecule has 36 heavy (non-hydrogen) atoms. The molecule has 4 saturated carbocycles. The highest BCUT2D eigenvalue weighted by atomic mass is 16.4. The van der Waals surface area contributed by atoms with Gasteiger partial charge in [-0.2, -0.15) is 0 Å². The molecule has 4 N–H and O–H groups in total. The van der Waals surface area contributed by atoms with E-state index in [9.17, 15) is 30.0 Å². The molecule has 0 spiro atoms. The number of fused-ring (bicyclic) bond motifs is 7. The van der Waals surface area contributed by atoms with Gasteiger partial charge in [0.05, 0.1) is 22.5 Å². The Labute approximate surface area is 215 Å². The number of carboxylic acid groups (broad SMARTS) is 2. The van der Waals surface area contributed by atoms with Gasteiger partial charge in [-0.15, -0.1) is 0 Å². The standard InChI is InChI=1S/C30H46O6/c1-17-9-14-30(24(34)35)16-15-26(3)18(22(30)29(17,6)36)7-8-19-25(2)12-11-21(31)28(5,23(32)33)20(25)10-13-27(19,26)4/h7,17,19-22,31,36H,8-16H2,1-6H3,(H,32,33)(H,34,35)/t17-,19-,20-,21+,22-,25-,26-,27-,28-,29-,30+/m0/s1. The number of aliphatic carboxylic acids is 2. The minimum atomic E-state index is -1.16. The summed E-state index contributed by atoms with van der Waals surface area (Å²) >= 11 is 0. The second-order valence-corrected chi connectivity index (χ2v) is 14.5. The van der Waals surface area contributed by atoms with Gasteiger partial charge in [-0.1, -0.05) is 39.3 Å². The zero-order valence-electron chi connectivity index (χ0n) is 22.9. The summed E-state index contributed by atoms with van der Waals surface area (Å²) in [7, 11) is 0. The molecule has 0 aromatic rings. The van der Waals surface area contributed by atoms with Crippen molar-refractivity contribution >= 4 is 11.9 Å². The van der Waals surface area contributed by atoms with Gasteiger partial charge in [-0.05, 0) is 106 Å². The van der Waals surface area contributed by atoms with Crippen LogP contribution in [-0.2, 0) is 9.59 Å². The molecule has 11 atom stereocenters. The first kappa shape index (κ1) is 26.2. The maximum atomic E-state index is 12.8. The highest BCUT2D eigenvalue weighted by Crippen LogP contribution is 2.76. The van der Waals surface area contributed by atoms with E-state index in [2.05, 4.69) is 33.8 Å². The third kappa shape index (κ3) is 2.81. The predicted molar refractivity (Wildman–Crippen MR) is 136 cm³/mol. The Hall–Kier alpha value is -1.40. The van der Waals surface area contributed by atoms with Crippen LogP contribution >= 0.6 is 0 Å². The van der Waals surface area contributed by atoms with E-state index in [0.29, 0.717) is 19.3 Å². The summed E-state index contributed by atoms with van der Waals surface area (Å²) in [6.07, 6.45) is 7.77. The number of hydrogen-bond donors (Lipinski definition) is 4. The van der Waals surface area contributed by atoms with Gasteiger partial charge >= 0.3 is 11.9 Å². The number of rotatable bonds is 2. The van der Waals surface area contributed by atoms with Gasteiger partial charge in [0, 0.05) is 5.92 Å². The largest absolute Gasteiger partial charge is 0.481 e. The summed E-state index contributed by atoms with van der Waals surface area (Å²) in [5, 5.41) is 43.5. The maximum Gasteiger partial charge on any atom is 0.312 e. The second-order valence-electron chi connectivity index (χ2n) is 14.5. The SMILES string of the molecule is C[C@H]1CC[C@@]2(C(=O)O)CC[C@@]3(C)C(=CC[C@H]4[C@]5(C)CC[C@@H](O)[C@@](C)(C(=O)O)[C@H]5CC[C@@]43C)[C@H]2[C@@]1(C)O. The smallest absolute Gasteiger partial charge is 0.312 e. The minimum Gasteiger partial charge on any atom is -0.481 e. The molecule has 0 aromatic heterocycles. The molecule has 5 rings (SSSR count). The Morgan fingerprint density at radius 1 is 0.861 bits per heavy atom. The lowest BCUT2D eigenvalue weighted by Crippen LogP contribution is -2.68. The molecule has 0 aliphatic heterocycles. The molecule has 202 valence electrons. The summed E-state index contributed by atoms with van der Waals surface area (Å²) in [4.78, 5) is 25.4. The first-order valence-corrected chi connectivity index (χ1v) is 14.1. The Morgan fingerprint density at radius 3 is 2.14 bits per heavy atom. The molecule has 0 unspecified atom stereocenters. The lowest BCUT2D eigenvalue weighted by Gasteiger charge is -2.71. The lowest BCUT2D eigenvalue weighted by molar-refractivity contribution is -0.224. The second kappa shape index (κ2) is 7.59. The van der Waals surface area contributed by atoms with Crippen LogP contribution in [0.4, 0.5) is 0 Å². The van der Waals surface area contributed by atoms with E-state index in [4.69, 9.17) is 0 Å². The van der Waals surface area contributed by atoms with Crippen LogP contribution in [0.3, 0.4) is 0 Å². The Balaban J connectivity index is 1.64. The highest BCUT2D eigenvalue weighted by Gasteiger charge is 2.72. The van der Waals surface area contributed by atoms with Crippen LogP contribution in [0.1, 0.15) is 99.3 Å².